The van der Waals surface area contributed by atoms with Gasteiger partial charge in [0.05, 0.1) is 17.5 Å². The monoisotopic (exact) mass is 416 g/mol. The quantitative estimate of drug-likeness (QED) is 0.662. The van der Waals surface area contributed by atoms with E-state index in [0.29, 0.717) is 24.2 Å². The van der Waals surface area contributed by atoms with Crippen molar-refractivity contribution in [3.8, 4) is 0 Å². The van der Waals surface area contributed by atoms with Gasteiger partial charge >= 0.3 is 0 Å². The second kappa shape index (κ2) is 7.94. The Hall–Kier alpha value is -2.75. The zero-order valence-corrected chi connectivity index (χ0v) is 17.1. The maximum Gasteiger partial charge on any atom is 0.238 e. The van der Waals surface area contributed by atoms with E-state index >= 15 is 0 Å². The molecule has 0 spiro atoms. The number of carbonyl (C=O) groups excluding carboxylic acids is 2. The molecule has 2 aromatic carbocycles. The van der Waals surface area contributed by atoms with Crippen molar-refractivity contribution >= 4 is 27.5 Å². The average Bonchev–Trinajstić information content (AvgIpc) is 2.63. The predicted molar refractivity (Wildman–Crippen MR) is 109 cm³/mol. The number of hydrogen-bond acceptors (Lipinski definition) is 5. The Labute approximate surface area is 169 Å². The lowest BCUT2D eigenvalue weighted by molar-refractivity contribution is -0.125. The van der Waals surface area contributed by atoms with Crippen LogP contribution in [0.4, 0.5) is 5.69 Å². The third-order valence-electron chi connectivity index (χ3n) is 5.26. The number of amides is 2. The number of carbonyl (C=O) groups is 2. The molecule has 0 radical (unpaired) electrons. The largest absolute Gasteiger partial charge is 0.368 e. The summed E-state index contributed by atoms with van der Waals surface area (Å²) in [5.74, 6) is -0.861. The summed E-state index contributed by atoms with van der Waals surface area (Å²) in [6.07, 6.45) is 0.442. The molecule has 1 unspecified atom stereocenters. The van der Waals surface area contributed by atoms with E-state index in [0.717, 1.165) is 16.7 Å². The Morgan fingerprint density at radius 2 is 1.83 bits per heavy atom. The minimum Gasteiger partial charge on any atom is -0.368 e. The van der Waals surface area contributed by atoms with Crippen LogP contribution in [0.2, 0.25) is 0 Å². The second-order valence-corrected chi connectivity index (χ2v) is 8.86. The molecule has 5 N–H and O–H groups in total. The molecule has 1 aliphatic rings. The molecule has 0 aromatic heterocycles. The molecule has 0 fully saturated rings. The highest BCUT2D eigenvalue weighted by Crippen LogP contribution is 2.25. The fourth-order valence-electron chi connectivity index (χ4n) is 3.52. The van der Waals surface area contributed by atoms with Gasteiger partial charge in [0.2, 0.25) is 21.8 Å². The van der Waals surface area contributed by atoms with Crippen LogP contribution in [0.15, 0.2) is 41.3 Å². The van der Waals surface area contributed by atoms with Gasteiger partial charge in [0.25, 0.3) is 0 Å². The van der Waals surface area contributed by atoms with Crippen LogP contribution in [-0.2, 0) is 32.6 Å². The number of primary amides is 1. The molecule has 8 nitrogen and oxygen atoms in total. The van der Waals surface area contributed by atoms with Crippen LogP contribution in [0.1, 0.15) is 22.3 Å². The Bertz CT molecular complexity index is 1080. The minimum atomic E-state index is -3.90. The predicted octanol–water partition coefficient (Wildman–Crippen LogP) is 0.802. The first-order chi connectivity index (χ1) is 13.6. The standard InChI is InChI=1S/C20H24N4O4S/c1-12-7-16(29(22,27)28)9-17(13(12)2)23-19(25)11-24-10-15-6-4-3-5-14(15)8-18(24)20(21)26/h3-7,9,18H,8,10-11H2,1-2H3,(H2,21,26)(H,23,25)(H2,22,27,28). The van der Waals surface area contributed by atoms with Gasteiger partial charge in [-0.3, -0.25) is 14.5 Å². The molecule has 0 saturated heterocycles. The van der Waals surface area contributed by atoms with E-state index < -0.39 is 22.0 Å². The maximum absolute atomic E-state index is 12.7. The van der Waals surface area contributed by atoms with E-state index in [1.54, 1.807) is 18.7 Å². The van der Waals surface area contributed by atoms with Crippen molar-refractivity contribution in [2.45, 2.75) is 37.8 Å². The summed E-state index contributed by atoms with van der Waals surface area (Å²) in [4.78, 5) is 26.3. The first-order valence-electron chi connectivity index (χ1n) is 9.10. The molecular weight excluding hydrogens is 392 g/mol. The number of anilines is 1. The molecule has 1 aliphatic heterocycles. The van der Waals surface area contributed by atoms with Gasteiger partial charge in [-0.1, -0.05) is 24.3 Å². The van der Waals surface area contributed by atoms with Crippen LogP contribution in [0.3, 0.4) is 0 Å². The van der Waals surface area contributed by atoms with Crippen molar-refractivity contribution in [3.05, 3.63) is 58.7 Å². The molecule has 3 rings (SSSR count). The van der Waals surface area contributed by atoms with Gasteiger partial charge in [0, 0.05) is 12.2 Å². The van der Waals surface area contributed by atoms with E-state index in [1.165, 1.54) is 12.1 Å². The summed E-state index contributed by atoms with van der Waals surface area (Å²) in [7, 11) is -3.90. The second-order valence-electron chi connectivity index (χ2n) is 7.30. The van der Waals surface area contributed by atoms with E-state index in [-0.39, 0.29) is 17.3 Å². The number of nitrogens with two attached hydrogens (primary N) is 2. The highest BCUT2D eigenvalue weighted by atomic mass is 32.2. The van der Waals surface area contributed by atoms with Gasteiger partial charge in [-0.05, 0) is 54.7 Å². The fraction of sp³-hybridized carbons (Fsp3) is 0.300. The van der Waals surface area contributed by atoms with Gasteiger partial charge < -0.3 is 11.1 Å². The Morgan fingerprint density at radius 3 is 2.45 bits per heavy atom. The van der Waals surface area contributed by atoms with Crippen molar-refractivity contribution < 1.29 is 18.0 Å². The third kappa shape index (κ3) is 4.64. The first kappa shape index (κ1) is 21.0. The Kier molecular flexibility index (Phi) is 5.74. The average molecular weight is 417 g/mol. The summed E-state index contributed by atoms with van der Waals surface area (Å²) >= 11 is 0. The fourth-order valence-corrected chi connectivity index (χ4v) is 4.14. The van der Waals surface area contributed by atoms with Gasteiger partial charge in [-0.15, -0.1) is 0 Å². The number of hydrogen-bond donors (Lipinski definition) is 3. The molecular formula is C20H24N4O4S. The summed E-state index contributed by atoms with van der Waals surface area (Å²) in [6, 6.07) is 9.94. The summed E-state index contributed by atoms with van der Waals surface area (Å²) in [5, 5.41) is 7.96. The molecule has 0 saturated carbocycles. The molecule has 1 atom stereocenters. The molecule has 29 heavy (non-hydrogen) atoms. The summed E-state index contributed by atoms with van der Waals surface area (Å²) < 4.78 is 23.4. The molecule has 1 heterocycles. The number of rotatable bonds is 5. The SMILES string of the molecule is Cc1cc(S(N)(=O)=O)cc(NC(=O)CN2Cc3ccccc3CC2C(N)=O)c1C. The van der Waals surface area contributed by atoms with Gasteiger partial charge in [0.15, 0.2) is 0 Å². The number of nitrogens with one attached hydrogen (secondary N) is 1. The number of aryl methyl sites for hydroxylation is 1. The Balaban J connectivity index is 1.82. The minimum absolute atomic E-state index is 0.0555. The highest BCUT2D eigenvalue weighted by molar-refractivity contribution is 7.89. The van der Waals surface area contributed by atoms with Gasteiger partial charge in [0.1, 0.15) is 0 Å². The number of sulfonamides is 1. The van der Waals surface area contributed by atoms with Crippen LogP contribution in [0, 0.1) is 13.8 Å². The summed E-state index contributed by atoms with van der Waals surface area (Å²) in [5.41, 5.74) is 9.44. The lowest BCUT2D eigenvalue weighted by atomic mass is 9.93. The van der Waals surface area contributed by atoms with Gasteiger partial charge in [-0.2, -0.15) is 0 Å². The van der Waals surface area contributed by atoms with Gasteiger partial charge in [-0.25, -0.2) is 13.6 Å². The lowest BCUT2D eigenvalue weighted by Crippen LogP contribution is -2.50. The van der Waals surface area contributed by atoms with E-state index in [1.807, 2.05) is 24.3 Å². The zero-order valence-electron chi connectivity index (χ0n) is 16.3. The number of benzene rings is 2. The maximum atomic E-state index is 12.7. The van der Waals surface area contributed by atoms with Crippen molar-refractivity contribution in [3.63, 3.8) is 0 Å². The summed E-state index contributed by atoms with van der Waals surface area (Å²) in [6.45, 7) is 3.89. The smallest absolute Gasteiger partial charge is 0.238 e. The van der Waals surface area contributed by atoms with E-state index in [9.17, 15) is 18.0 Å². The molecule has 154 valence electrons. The van der Waals surface area contributed by atoms with Crippen molar-refractivity contribution in [1.82, 2.24) is 4.90 Å². The topological polar surface area (TPSA) is 136 Å². The van der Waals surface area contributed by atoms with Crippen LogP contribution in [0.5, 0.6) is 0 Å². The normalized spacial score (nSPS) is 16.9. The van der Waals surface area contributed by atoms with Crippen LogP contribution in [0.25, 0.3) is 0 Å². The number of fused-ring (bicyclic) bond motifs is 1. The molecule has 2 amide bonds. The van der Waals surface area contributed by atoms with Crippen LogP contribution < -0.4 is 16.2 Å². The lowest BCUT2D eigenvalue weighted by Gasteiger charge is -2.34. The van der Waals surface area contributed by atoms with E-state index in [2.05, 4.69) is 5.32 Å². The molecule has 9 heteroatoms. The Morgan fingerprint density at radius 1 is 1.17 bits per heavy atom. The highest BCUT2D eigenvalue weighted by Gasteiger charge is 2.31. The van der Waals surface area contributed by atoms with Crippen molar-refractivity contribution in [1.29, 1.82) is 0 Å². The first-order valence-corrected chi connectivity index (χ1v) is 10.6. The zero-order chi connectivity index (χ0) is 21.3. The molecule has 2 aromatic rings. The number of nitrogens with zero attached hydrogens (tertiary/aromatic N) is 1. The van der Waals surface area contributed by atoms with Crippen molar-refractivity contribution in [2.24, 2.45) is 10.9 Å². The third-order valence-corrected chi connectivity index (χ3v) is 6.16. The molecule has 0 bridgehead atoms. The van der Waals surface area contributed by atoms with E-state index in [4.69, 9.17) is 10.9 Å². The van der Waals surface area contributed by atoms with Crippen molar-refractivity contribution in [2.75, 3.05) is 11.9 Å². The molecule has 0 aliphatic carbocycles. The van der Waals surface area contributed by atoms with Crippen LogP contribution in [-0.4, -0.2) is 37.7 Å². The van der Waals surface area contributed by atoms with Crippen LogP contribution >= 0.6 is 0 Å². The number of primary sulfonamides is 1.